The van der Waals surface area contributed by atoms with Crippen molar-refractivity contribution in [2.24, 2.45) is 0 Å². The van der Waals surface area contributed by atoms with Crippen molar-refractivity contribution in [3.8, 4) is 11.1 Å². The summed E-state index contributed by atoms with van der Waals surface area (Å²) >= 11 is 0. The quantitative estimate of drug-likeness (QED) is 0.363. The topological polar surface area (TPSA) is 82.1 Å². The maximum atomic E-state index is 13.5. The molecule has 2 aromatic rings. The van der Waals surface area contributed by atoms with E-state index in [1.165, 1.54) is 14.2 Å². The zero-order valence-electron chi connectivity index (χ0n) is 20.2. The van der Waals surface area contributed by atoms with Crippen molar-refractivity contribution in [1.82, 2.24) is 4.90 Å². The minimum atomic E-state index is -1.06. The molecular formula is C29H25NO6. The van der Waals surface area contributed by atoms with Crippen LogP contribution in [0.15, 0.2) is 95.9 Å². The van der Waals surface area contributed by atoms with Gasteiger partial charge in [-0.2, -0.15) is 0 Å². The Labute approximate surface area is 209 Å². The first kappa shape index (κ1) is 23.4. The Morgan fingerprint density at radius 2 is 1.53 bits per heavy atom. The van der Waals surface area contributed by atoms with Gasteiger partial charge < -0.3 is 19.1 Å². The Kier molecular flexibility index (Phi) is 5.63. The van der Waals surface area contributed by atoms with Crippen LogP contribution in [-0.4, -0.2) is 49.7 Å². The molecule has 2 aromatic carbocycles. The van der Waals surface area contributed by atoms with E-state index in [1.807, 2.05) is 54.6 Å². The van der Waals surface area contributed by atoms with Gasteiger partial charge in [0.15, 0.2) is 0 Å². The SMILES string of the molecule is C=C(C)C(=O)OCC1=CC2N(C=C1)C(C(=O)OC)=C(C(=O)OC)C21c2ccccc2-c2ccccc21. The standard InChI is InChI=1S/C29H25NO6/c1-17(2)26(31)36-16-18-13-14-30-23(15-18)29(24(27(32)34-3)25(30)28(33)35-4)21-11-7-5-9-19(21)20-10-6-8-12-22(20)29/h5-15,23H,1,16H2,2-4H3. The smallest absolute Gasteiger partial charge is 0.355 e. The van der Waals surface area contributed by atoms with Crippen molar-refractivity contribution in [2.45, 2.75) is 18.4 Å². The van der Waals surface area contributed by atoms with Crippen molar-refractivity contribution in [3.05, 3.63) is 107 Å². The molecule has 5 rings (SSSR count). The van der Waals surface area contributed by atoms with Crippen LogP contribution >= 0.6 is 0 Å². The lowest BCUT2D eigenvalue weighted by Crippen LogP contribution is -2.44. The third-order valence-corrected chi connectivity index (χ3v) is 6.93. The van der Waals surface area contributed by atoms with Gasteiger partial charge in [0.1, 0.15) is 12.3 Å². The molecule has 182 valence electrons. The number of hydrogen-bond acceptors (Lipinski definition) is 7. The summed E-state index contributed by atoms with van der Waals surface area (Å²) in [4.78, 5) is 40.5. The molecule has 0 radical (unpaired) electrons. The molecule has 1 unspecified atom stereocenters. The molecule has 3 aliphatic rings. The van der Waals surface area contributed by atoms with Gasteiger partial charge in [0, 0.05) is 11.8 Å². The maximum absolute atomic E-state index is 13.5. The van der Waals surface area contributed by atoms with Crippen LogP contribution in [0.4, 0.5) is 0 Å². The molecule has 0 saturated carbocycles. The van der Waals surface area contributed by atoms with Crippen LogP contribution in [0.2, 0.25) is 0 Å². The second kappa shape index (κ2) is 8.68. The Balaban J connectivity index is 1.79. The Hall–Kier alpha value is -4.39. The summed E-state index contributed by atoms with van der Waals surface area (Å²) in [6.45, 7) is 5.23. The highest BCUT2D eigenvalue weighted by atomic mass is 16.5. The monoisotopic (exact) mass is 483 g/mol. The highest BCUT2D eigenvalue weighted by Crippen LogP contribution is 2.60. The van der Waals surface area contributed by atoms with E-state index >= 15 is 0 Å². The molecule has 0 saturated heterocycles. The summed E-state index contributed by atoms with van der Waals surface area (Å²) in [5.41, 5.74) is 4.00. The van der Waals surface area contributed by atoms with E-state index in [0.29, 0.717) is 5.57 Å². The number of nitrogens with zero attached hydrogens (tertiary/aromatic N) is 1. The Morgan fingerprint density at radius 3 is 2.08 bits per heavy atom. The molecule has 1 atom stereocenters. The molecule has 0 N–H and O–H groups in total. The molecule has 1 spiro atoms. The third kappa shape index (κ3) is 3.16. The summed E-state index contributed by atoms with van der Waals surface area (Å²) in [5, 5.41) is 0. The van der Waals surface area contributed by atoms with Crippen LogP contribution in [0.5, 0.6) is 0 Å². The van der Waals surface area contributed by atoms with Crippen molar-refractivity contribution in [3.63, 3.8) is 0 Å². The summed E-state index contributed by atoms with van der Waals surface area (Å²) in [5.74, 6) is -1.75. The lowest BCUT2D eigenvalue weighted by Gasteiger charge is -2.38. The number of esters is 3. The summed E-state index contributed by atoms with van der Waals surface area (Å²) in [6, 6.07) is 15.2. The minimum absolute atomic E-state index is 0.0209. The number of carbonyl (C=O) groups excluding carboxylic acids is 3. The van der Waals surface area contributed by atoms with Crippen LogP contribution in [0, 0.1) is 0 Å². The first-order valence-electron chi connectivity index (χ1n) is 11.5. The number of carbonyl (C=O) groups is 3. The van der Waals surface area contributed by atoms with Gasteiger partial charge in [0.2, 0.25) is 0 Å². The highest BCUT2D eigenvalue weighted by molar-refractivity contribution is 6.07. The van der Waals surface area contributed by atoms with E-state index in [1.54, 1.807) is 24.1 Å². The first-order chi connectivity index (χ1) is 17.4. The number of rotatable bonds is 5. The summed E-state index contributed by atoms with van der Waals surface area (Å²) in [6.07, 6.45) is 5.41. The van der Waals surface area contributed by atoms with Gasteiger partial charge in [0.05, 0.1) is 31.2 Å². The average Bonchev–Trinajstić information content (AvgIpc) is 3.37. The predicted octanol–water partition coefficient (Wildman–Crippen LogP) is 3.81. The first-order valence-corrected chi connectivity index (χ1v) is 11.5. The molecule has 2 aliphatic heterocycles. The lowest BCUT2D eigenvalue weighted by atomic mass is 9.67. The fraction of sp³-hybridized carbons (Fsp3) is 0.207. The molecule has 7 heteroatoms. The molecule has 0 bridgehead atoms. The van der Waals surface area contributed by atoms with Gasteiger partial charge in [0.25, 0.3) is 0 Å². The largest absolute Gasteiger partial charge is 0.466 e. The van der Waals surface area contributed by atoms with Crippen molar-refractivity contribution >= 4 is 17.9 Å². The molecule has 0 aromatic heterocycles. The van der Waals surface area contributed by atoms with E-state index in [9.17, 15) is 14.4 Å². The van der Waals surface area contributed by atoms with Crippen molar-refractivity contribution in [1.29, 1.82) is 0 Å². The molecule has 1 aliphatic carbocycles. The van der Waals surface area contributed by atoms with Crippen LogP contribution in [0.3, 0.4) is 0 Å². The van der Waals surface area contributed by atoms with Gasteiger partial charge in [-0.15, -0.1) is 0 Å². The van der Waals surface area contributed by atoms with E-state index in [2.05, 4.69) is 6.58 Å². The molecule has 0 amide bonds. The van der Waals surface area contributed by atoms with E-state index in [4.69, 9.17) is 14.2 Å². The van der Waals surface area contributed by atoms with Crippen LogP contribution in [-0.2, 0) is 34.0 Å². The molecule has 36 heavy (non-hydrogen) atoms. The van der Waals surface area contributed by atoms with Gasteiger partial charge in [-0.1, -0.05) is 61.2 Å². The van der Waals surface area contributed by atoms with Gasteiger partial charge in [-0.05, 0) is 40.8 Å². The second-order valence-electron chi connectivity index (χ2n) is 8.87. The predicted molar refractivity (Wildman–Crippen MR) is 132 cm³/mol. The van der Waals surface area contributed by atoms with E-state index < -0.39 is 29.4 Å². The van der Waals surface area contributed by atoms with Crippen molar-refractivity contribution < 1.29 is 28.6 Å². The zero-order chi connectivity index (χ0) is 25.6. The fourth-order valence-electron chi connectivity index (χ4n) is 5.51. The normalized spacial score (nSPS) is 18.2. The third-order valence-electron chi connectivity index (χ3n) is 6.93. The van der Waals surface area contributed by atoms with Crippen LogP contribution in [0.25, 0.3) is 11.1 Å². The van der Waals surface area contributed by atoms with Crippen LogP contribution < -0.4 is 0 Å². The summed E-state index contributed by atoms with van der Waals surface area (Å²) in [7, 11) is 2.59. The number of hydrogen-bond donors (Lipinski definition) is 0. The van der Waals surface area contributed by atoms with E-state index in [0.717, 1.165) is 27.8 Å². The Morgan fingerprint density at radius 1 is 0.944 bits per heavy atom. The van der Waals surface area contributed by atoms with Crippen molar-refractivity contribution in [2.75, 3.05) is 20.8 Å². The number of methoxy groups -OCH3 is 2. The molecular weight excluding hydrogens is 458 g/mol. The number of benzene rings is 2. The fourth-order valence-corrected chi connectivity index (χ4v) is 5.51. The maximum Gasteiger partial charge on any atom is 0.355 e. The Bertz CT molecular complexity index is 1370. The van der Waals surface area contributed by atoms with Gasteiger partial charge >= 0.3 is 17.9 Å². The zero-order valence-corrected chi connectivity index (χ0v) is 20.2. The second-order valence-corrected chi connectivity index (χ2v) is 8.87. The average molecular weight is 484 g/mol. The number of ether oxygens (including phenoxy) is 3. The van der Waals surface area contributed by atoms with E-state index in [-0.39, 0.29) is 17.9 Å². The highest BCUT2D eigenvalue weighted by Gasteiger charge is 2.62. The number of fused-ring (bicyclic) bond motifs is 7. The van der Waals surface area contributed by atoms with Gasteiger partial charge in [-0.3, -0.25) is 0 Å². The van der Waals surface area contributed by atoms with Crippen LogP contribution in [0.1, 0.15) is 18.1 Å². The molecule has 7 nitrogen and oxygen atoms in total. The minimum Gasteiger partial charge on any atom is -0.466 e. The van der Waals surface area contributed by atoms with Gasteiger partial charge in [-0.25, -0.2) is 14.4 Å². The summed E-state index contributed by atoms with van der Waals surface area (Å²) < 4.78 is 15.8. The molecule has 2 heterocycles. The molecule has 0 fully saturated rings. The lowest BCUT2D eigenvalue weighted by molar-refractivity contribution is -0.140.